The Bertz CT molecular complexity index is 1030. The Balaban J connectivity index is 1.66. The van der Waals surface area contributed by atoms with Gasteiger partial charge in [0, 0.05) is 23.1 Å². The molecule has 1 amide bonds. The second-order valence-electron chi connectivity index (χ2n) is 5.86. The summed E-state index contributed by atoms with van der Waals surface area (Å²) in [5.74, 6) is 1.10. The molecule has 0 unspecified atom stereocenters. The van der Waals surface area contributed by atoms with Crippen molar-refractivity contribution < 1.29 is 9.53 Å². The molecule has 3 aromatic rings. The number of hydrazone groups is 1. The molecular formula is C21H17Cl2N3O2S. The van der Waals surface area contributed by atoms with Crippen LogP contribution < -0.4 is 10.2 Å². The zero-order valence-corrected chi connectivity index (χ0v) is 17.8. The summed E-state index contributed by atoms with van der Waals surface area (Å²) < 4.78 is 5.44. The lowest BCUT2D eigenvalue weighted by molar-refractivity contribution is 0.0955. The van der Waals surface area contributed by atoms with Crippen LogP contribution in [0.2, 0.25) is 10.0 Å². The summed E-state index contributed by atoms with van der Waals surface area (Å²) in [4.78, 5) is 16.5. The van der Waals surface area contributed by atoms with Crippen LogP contribution in [0.3, 0.4) is 0 Å². The summed E-state index contributed by atoms with van der Waals surface area (Å²) in [7, 11) is 1.63. The fourth-order valence-electron chi connectivity index (χ4n) is 2.44. The Morgan fingerprint density at radius 1 is 1.17 bits per heavy atom. The van der Waals surface area contributed by atoms with Crippen molar-refractivity contribution in [3.8, 4) is 5.75 Å². The van der Waals surface area contributed by atoms with Crippen LogP contribution in [0.5, 0.6) is 5.75 Å². The third kappa shape index (κ3) is 5.97. The van der Waals surface area contributed by atoms with E-state index in [-0.39, 0.29) is 5.91 Å². The maximum atomic E-state index is 12.2. The molecule has 1 aromatic heterocycles. The van der Waals surface area contributed by atoms with E-state index < -0.39 is 0 Å². The van der Waals surface area contributed by atoms with Crippen LogP contribution in [0.1, 0.15) is 21.5 Å². The summed E-state index contributed by atoms with van der Waals surface area (Å²) in [5.41, 5.74) is 4.69. The summed E-state index contributed by atoms with van der Waals surface area (Å²) in [6, 6.07) is 16.1. The predicted octanol–water partition coefficient (Wildman–Crippen LogP) is 5.45. The van der Waals surface area contributed by atoms with Crippen molar-refractivity contribution in [1.29, 1.82) is 0 Å². The number of pyridine rings is 1. The monoisotopic (exact) mass is 445 g/mol. The lowest BCUT2D eigenvalue weighted by atomic mass is 10.1. The van der Waals surface area contributed by atoms with E-state index in [4.69, 9.17) is 27.9 Å². The minimum Gasteiger partial charge on any atom is -0.496 e. The largest absolute Gasteiger partial charge is 0.496 e. The van der Waals surface area contributed by atoms with Crippen molar-refractivity contribution >= 4 is 47.1 Å². The number of aromatic nitrogens is 1. The van der Waals surface area contributed by atoms with Gasteiger partial charge in [-0.25, -0.2) is 10.4 Å². The molecule has 0 fully saturated rings. The smallest absolute Gasteiger partial charge is 0.271 e. The quantitative estimate of drug-likeness (QED) is 0.298. The van der Waals surface area contributed by atoms with Gasteiger partial charge in [-0.2, -0.15) is 5.10 Å². The van der Waals surface area contributed by atoms with Gasteiger partial charge in [0.25, 0.3) is 5.91 Å². The molecule has 0 spiro atoms. The highest BCUT2D eigenvalue weighted by Crippen LogP contribution is 2.27. The molecule has 0 radical (unpaired) electrons. The molecule has 0 saturated heterocycles. The van der Waals surface area contributed by atoms with Crippen molar-refractivity contribution in [3.05, 3.63) is 87.5 Å². The van der Waals surface area contributed by atoms with Gasteiger partial charge >= 0.3 is 0 Å². The summed E-state index contributed by atoms with van der Waals surface area (Å²) in [6.45, 7) is 0. The molecule has 5 nitrogen and oxygen atoms in total. The number of nitrogens with zero attached hydrogens (tertiary/aromatic N) is 2. The van der Waals surface area contributed by atoms with E-state index in [1.165, 1.54) is 6.07 Å². The van der Waals surface area contributed by atoms with E-state index in [0.29, 0.717) is 21.4 Å². The Morgan fingerprint density at radius 3 is 2.76 bits per heavy atom. The van der Waals surface area contributed by atoms with E-state index in [9.17, 15) is 4.79 Å². The zero-order valence-electron chi connectivity index (χ0n) is 15.4. The number of ether oxygens (including phenoxy) is 1. The van der Waals surface area contributed by atoms with E-state index in [2.05, 4.69) is 15.5 Å². The molecule has 0 saturated carbocycles. The number of hydrogen-bond donors (Lipinski definition) is 1. The van der Waals surface area contributed by atoms with Gasteiger partial charge in [0.05, 0.1) is 28.4 Å². The lowest BCUT2D eigenvalue weighted by Crippen LogP contribution is -2.17. The first-order valence-corrected chi connectivity index (χ1v) is 10.3. The van der Waals surface area contributed by atoms with Gasteiger partial charge in [0.1, 0.15) is 5.75 Å². The van der Waals surface area contributed by atoms with E-state index in [1.807, 2.05) is 36.4 Å². The number of rotatable bonds is 7. The molecule has 3 rings (SSSR count). The van der Waals surface area contributed by atoms with E-state index in [1.54, 1.807) is 43.4 Å². The number of carbonyl (C=O) groups excluding carboxylic acids is 1. The molecule has 0 atom stereocenters. The Hall–Kier alpha value is -2.54. The van der Waals surface area contributed by atoms with E-state index in [0.717, 1.165) is 21.9 Å². The number of nitrogens with one attached hydrogen (secondary N) is 1. The Morgan fingerprint density at radius 2 is 2.03 bits per heavy atom. The fraction of sp³-hybridized carbons (Fsp3) is 0.0952. The molecule has 0 aliphatic heterocycles. The van der Waals surface area contributed by atoms with Crippen LogP contribution in [0, 0.1) is 0 Å². The van der Waals surface area contributed by atoms with Crippen molar-refractivity contribution in [2.24, 2.45) is 5.10 Å². The molecule has 29 heavy (non-hydrogen) atoms. The molecule has 0 aliphatic carbocycles. The standard InChI is InChI=1S/C21H17Cl2N3O2S/c1-28-19-8-5-14(10-16(19)13-29-20-4-2-3-9-24-20)12-25-26-21(27)15-6-7-17(22)18(23)11-15/h2-12H,13H2,1H3,(H,26,27). The second kappa shape index (κ2) is 10.3. The fourth-order valence-corrected chi connectivity index (χ4v) is 3.58. The van der Waals surface area contributed by atoms with Crippen LogP contribution in [-0.4, -0.2) is 24.2 Å². The van der Waals surface area contributed by atoms with Crippen molar-refractivity contribution in [2.75, 3.05) is 7.11 Å². The number of amides is 1. The molecule has 0 aliphatic rings. The molecule has 1 heterocycles. The minimum absolute atomic E-state index is 0.313. The van der Waals surface area contributed by atoms with Gasteiger partial charge in [0.15, 0.2) is 0 Å². The van der Waals surface area contributed by atoms with Gasteiger partial charge < -0.3 is 4.74 Å². The van der Waals surface area contributed by atoms with Gasteiger partial charge in [-0.3, -0.25) is 4.79 Å². The average Bonchev–Trinajstić information content (AvgIpc) is 2.75. The number of benzene rings is 2. The number of carbonyl (C=O) groups is 1. The maximum Gasteiger partial charge on any atom is 0.271 e. The molecule has 0 bridgehead atoms. The molecular weight excluding hydrogens is 429 g/mol. The first kappa shape index (κ1) is 21.2. The third-order valence-electron chi connectivity index (χ3n) is 3.88. The van der Waals surface area contributed by atoms with Crippen LogP contribution in [0.25, 0.3) is 0 Å². The number of thioether (sulfide) groups is 1. The van der Waals surface area contributed by atoms with Crippen molar-refractivity contribution in [1.82, 2.24) is 10.4 Å². The third-order valence-corrected chi connectivity index (χ3v) is 5.61. The van der Waals surface area contributed by atoms with Gasteiger partial charge in [-0.05, 0) is 54.1 Å². The predicted molar refractivity (Wildman–Crippen MR) is 118 cm³/mol. The number of methoxy groups -OCH3 is 1. The topological polar surface area (TPSA) is 63.6 Å². The van der Waals surface area contributed by atoms with Gasteiger partial charge in [0.2, 0.25) is 0 Å². The molecule has 2 aromatic carbocycles. The SMILES string of the molecule is COc1ccc(C=NNC(=O)c2ccc(Cl)c(Cl)c2)cc1CSc1ccccn1. The first-order valence-electron chi connectivity index (χ1n) is 8.56. The second-order valence-corrected chi connectivity index (χ2v) is 7.67. The first-order chi connectivity index (χ1) is 14.1. The highest BCUT2D eigenvalue weighted by Gasteiger charge is 2.08. The number of hydrogen-bond acceptors (Lipinski definition) is 5. The zero-order chi connectivity index (χ0) is 20.6. The molecule has 8 heteroatoms. The van der Waals surface area contributed by atoms with Crippen LogP contribution >= 0.6 is 35.0 Å². The molecule has 148 valence electrons. The van der Waals surface area contributed by atoms with Gasteiger partial charge in [-0.1, -0.05) is 29.3 Å². The summed E-state index contributed by atoms with van der Waals surface area (Å²) in [5, 5.41) is 5.66. The highest BCUT2D eigenvalue weighted by molar-refractivity contribution is 7.98. The molecule has 1 N–H and O–H groups in total. The van der Waals surface area contributed by atoms with Crippen LogP contribution in [0.15, 0.2) is 70.9 Å². The van der Waals surface area contributed by atoms with Crippen molar-refractivity contribution in [3.63, 3.8) is 0 Å². The number of halogens is 2. The highest BCUT2D eigenvalue weighted by atomic mass is 35.5. The van der Waals surface area contributed by atoms with Crippen LogP contribution in [-0.2, 0) is 5.75 Å². The van der Waals surface area contributed by atoms with Crippen molar-refractivity contribution in [2.45, 2.75) is 10.8 Å². The Kier molecular flexibility index (Phi) is 7.52. The summed E-state index contributed by atoms with van der Waals surface area (Å²) >= 11 is 13.4. The lowest BCUT2D eigenvalue weighted by Gasteiger charge is -2.09. The van der Waals surface area contributed by atoms with Crippen LogP contribution in [0.4, 0.5) is 0 Å². The minimum atomic E-state index is -0.376. The van der Waals surface area contributed by atoms with E-state index >= 15 is 0 Å². The Labute approximate surface area is 183 Å². The summed E-state index contributed by atoms with van der Waals surface area (Å²) in [6.07, 6.45) is 3.34. The van der Waals surface area contributed by atoms with Gasteiger partial charge in [-0.15, -0.1) is 11.8 Å². The normalized spacial score (nSPS) is 10.9. The average molecular weight is 446 g/mol. The maximum absolute atomic E-state index is 12.2.